The number of carbonyl (C=O) groups is 3. The smallest absolute Gasteiger partial charge is 0.444 e. The SMILES string of the molecule is Cc1ccc(C(=O)NC[C@H](NC(=O)OC(C)(C)C)C(=O)N[C@@H](CC(C)C)B2O[C@@H]3C[C@@H]4C[C@@H](C4(C)C)[C@]3(C)O2)cc1. The Labute approximate surface area is 245 Å². The Bertz CT molecular complexity index is 1130. The quantitative estimate of drug-likeness (QED) is 0.380. The molecule has 0 radical (unpaired) electrons. The Balaban J connectivity index is 1.48. The zero-order chi connectivity index (χ0) is 30.3. The minimum atomic E-state index is -1.07. The number of carbonyl (C=O) groups excluding carboxylic acids is 3. The van der Waals surface area contributed by atoms with Gasteiger partial charge in [0.15, 0.2) is 0 Å². The largest absolute Gasteiger partial charge is 0.481 e. The predicted octanol–water partition coefficient (Wildman–Crippen LogP) is 4.42. The van der Waals surface area contributed by atoms with Crippen molar-refractivity contribution in [1.29, 1.82) is 0 Å². The highest BCUT2D eigenvalue weighted by molar-refractivity contribution is 6.48. The van der Waals surface area contributed by atoms with Gasteiger partial charge in [0.1, 0.15) is 11.6 Å². The number of hydrogen-bond donors (Lipinski definition) is 3. The summed E-state index contributed by atoms with van der Waals surface area (Å²) in [6.07, 6.45) is 1.97. The fraction of sp³-hybridized carbons (Fsp3) is 0.710. The van der Waals surface area contributed by atoms with Gasteiger partial charge in [0.2, 0.25) is 5.91 Å². The van der Waals surface area contributed by atoms with E-state index in [0.717, 1.165) is 18.4 Å². The van der Waals surface area contributed by atoms with Gasteiger partial charge in [0.05, 0.1) is 17.6 Å². The number of benzene rings is 1. The summed E-state index contributed by atoms with van der Waals surface area (Å²) >= 11 is 0. The number of hydrogen-bond acceptors (Lipinski definition) is 6. The van der Waals surface area contributed by atoms with Crippen LogP contribution < -0.4 is 16.0 Å². The maximum Gasteiger partial charge on any atom is 0.481 e. The summed E-state index contributed by atoms with van der Waals surface area (Å²) in [5.74, 6) is 0.0620. The van der Waals surface area contributed by atoms with Gasteiger partial charge < -0.3 is 30.0 Å². The minimum Gasteiger partial charge on any atom is -0.444 e. The molecule has 10 heteroatoms. The molecule has 1 saturated heterocycles. The molecule has 3 saturated carbocycles. The molecule has 4 fully saturated rings. The van der Waals surface area contributed by atoms with Crippen molar-refractivity contribution in [2.24, 2.45) is 23.2 Å². The molecule has 3 amide bonds. The van der Waals surface area contributed by atoms with E-state index >= 15 is 0 Å². The number of ether oxygens (including phenoxy) is 1. The van der Waals surface area contributed by atoms with Crippen LogP contribution in [0.1, 0.15) is 90.6 Å². The van der Waals surface area contributed by atoms with Crippen molar-refractivity contribution < 1.29 is 28.4 Å². The first-order chi connectivity index (χ1) is 19.0. The molecule has 0 unspecified atom stereocenters. The predicted molar refractivity (Wildman–Crippen MR) is 158 cm³/mol. The monoisotopic (exact) mass is 569 g/mol. The van der Waals surface area contributed by atoms with Crippen LogP contribution in [0.25, 0.3) is 0 Å². The normalized spacial score (nSPS) is 27.8. The van der Waals surface area contributed by atoms with Crippen molar-refractivity contribution in [3.05, 3.63) is 35.4 Å². The lowest BCUT2D eigenvalue weighted by atomic mass is 9.43. The van der Waals surface area contributed by atoms with Gasteiger partial charge in [-0.1, -0.05) is 45.4 Å². The van der Waals surface area contributed by atoms with Crippen molar-refractivity contribution in [2.45, 2.75) is 111 Å². The van der Waals surface area contributed by atoms with E-state index in [1.807, 2.05) is 19.1 Å². The maximum atomic E-state index is 13.7. The highest BCUT2D eigenvalue weighted by Gasteiger charge is 2.68. The fourth-order valence-corrected chi connectivity index (χ4v) is 6.76. The van der Waals surface area contributed by atoms with Gasteiger partial charge in [0, 0.05) is 12.1 Å². The summed E-state index contributed by atoms with van der Waals surface area (Å²) in [5.41, 5.74) is 0.557. The van der Waals surface area contributed by atoms with Crippen molar-refractivity contribution in [3.8, 4) is 0 Å². The molecule has 2 bridgehead atoms. The van der Waals surface area contributed by atoms with Crippen LogP contribution in [0.15, 0.2) is 24.3 Å². The second kappa shape index (κ2) is 11.6. The molecule has 1 aromatic rings. The Hall–Kier alpha value is -2.59. The molecular weight excluding hydrogens is 521 g/mol. The van der Waals surface area contributed by atoms with Crippen LogP contribution in [0.3, 0.4) is 0 Å². The molecule has 1 heterocycles. The molecule has 1 aromatic carbocycles. The van der Waals surface area contributed by atoms with E-state index in [9.17, 15) is 14.4 Å². The molecule has 3 N–H and O–H groups in total. The van der Waals surface area contributed by atoms with Crippen LogP contribution in [-0.2, 0) is 18.8 Å². The summed E-state index contributed by atoms with van der Waals surface area (Å²) in [6.45, 7) is 18.0. The van der Waals surface area contributed by atoms with Crippen LogP contribution in [0.5, 0.6) is 0 Å². The average Bonchev–Trinajstić information content (AvgIpc) is 3.22. The first-order valence-corrected chi connectivity index (χ1v) is 15.0. The molecule has 0 spiro atoms. The molecular formula is C31H48BN3O6. The van der Waals surface area contributed by atoms with Gasteiger partial charge in [-0.2, -0.15) is 0 Å². The zero-order valence-corrected chi connectivity index (χ0v) is 26.1. The number of amides is 3. The lowest BCUT2D eigenvalue weighted by molar-refractivity contribution is -0.199. The lowest BCUT2D eigenvalue weighted by Gasteiger charge is -2.64. The molecule has 226 valence electrons. The van der Waals surface area contributed by atoms with Crippen molar-refractivity contribution in [3.63, 3.8) is 0 Å². The van der Waals surface area contributed by atoms with Crippen molar-refractivity contribution in [2.75, 3.05) is 6.54 Å². The van der Waals surface area contributed by atoms with Gasteiger partial charge in [0.25, 0.3) is 5.91 Å². The first kappa shape index (κ1) is 31.4. The minimum absolute atomic E-state index is 0.0136. The Kier molecular flexibility index (Phi) is 8.87. The van der Waals surface area contributed by atoms with E-state index < -0.39 is 42.3 Å². The third-order valence-corrected chi connectivity index (χ3v) is 9.14. The van der Waals surface area contributed by atoms with Crippen LogP contribution in [0.4, 0.5) is 4.79 Å². The van der Waals surface area contributed by atoms with E-state index in [2.05, 4.69) is 50.6 Å². The molecule has 41 heavy (non-hydrogen) atoms. The van der Waals surface area contributed by atoms with E-state index in [4.69, 9.17) is 14.0 Å². The van der Waals surface area contributed by atoms with Gasteiger partial charge in [-0.25, -0.2) is 4.79 Å². The van der Waals surface area contributed by atoms with E-state index in [0.29, 0.717) is 23.8 Å². The summed E-state index contributed by atoms with van der Waals surface area (Å²) < 4.78 is 18.6. The third kappa shape index (κ3) is 6.91. The number of aryl methyl sites for hydroxylation is 1. The highest BCUT2D eigenvalue weighted by Crippen LogP contribution is 2.65. The molecule has 1 aliphatic heterocycles. The van der Waals surface area contributed by atoms with Crippen LogP contribution in [-0.4, -0.2) is 60.9 Å². The topological polar surface area (TPSA) is 115 Å². The van der Waals surface area contributed by atoms with Crippen molar-refractivity contribution in [1.82, 2.24) is 16.0 Å². The Morgan fingerprint density at radius 3 is 2.32 bits per heavy atom. The van der Waals surface area contributed by atoms with E-state index in [-0.39, 0.29) is 29.9 Å². The van der Waals surface area contributed by atoms with Gasteiger partial charge in [-0.15, -0.1) is 0 Å². The van der Waals surface area contributed by atoms with Crippen LogP contribution >= 0.6 is 0 Å². The average molecular weight is 570 g/mol. The van der Waals surface area contributed by atoms with Gasteiger partial charge in [-0.05, 0) is 89.2 Å². The maximum absolute atomic E-state index is 13.7. The Morgan fingerprint density at radius 1 is 1.07 bits per heavy atom. The number of nitrogens with one attached hydrogen (secondary N) is 3. The summed E-state index contributed by atoms with van der Waals surface area (Å²) in [4.78, 5) is 39.2. The second-order valence-corrected chi connectivity index (χ2v) is 14.4. The summed E-state index contributed by atoms with van der Waals surface area (Å²) in [5, 5.41) is 8.53. The van der Waals surface area contributed by atoms with Crippen molar-refractivity contribution >= 4 is 25.0 Å². The molecule has 0 aromatic heterocycles. The zero-order valence-electron chi connectivity index (χ0n) is 26.1. The van der Waals surface area contributed by atoms with Crippen LogP contribution in [0.2, 0.25) is 0 Å². The van der Waals surface area contributed by atoms with Gasteiger partial charge in [-0.3, -0.25) is 9.59 Å². The second-order valence-electron chi connectivity index (χ2n) is 14.4. The molecule has 5 rings (SSSR count). The molecule has 3 aliphatic carbocycles. The lowest BCUT2D eigenvalue weighted by Crippen LogP contribution is -2.65. The fourth-order valence-electron chi connectivity index (χ4n) is 6.76. The first-order valence-electron chi connectivity index (χ1n) is 15.0. The highest BCUT2D eigenvalue weighted by atomic mass is 16.7. The van der Waals surface area contributed by atoms with Crippen LogP contribution in [0, 0.1) is 30.1 Å². The summed E-state index contributed by atoms with van der Waals surface area (Å²) in [7, 11) is -0.601. The van der Waals surface area contributed by atoms with E-state index in [1.165, 1.54) is 0 Å². The molecule has 9 nitrogen and oxygen atoms in total. The molecule has 4 aliphatic rings. The summed E-state index contributed by atoms with van der Waals surface area (Å²) in [6, 6.07) is 6.07. The Morgan fingerprint density at radius 2 is 1.73 bits per heavy atom. The standard InChI is InChI=1S/C31H48BN3O6/c1-18(2)14-25(32-40-24-16-21-15-23(30(21,7)8)31(24,9)41-32)35-27(37)22(34-28(38)39-29(4,5)6)17-33-26(36)20-12-10-19(3)11-13-20/h10-13,18,21-25H,14-17H2,1-9H3,(H,33,36)(H,34,38)(H,35,37)/t21-,22-,23-,24+,25-,31-/m0/s1. The van der Waals surface area contributed by atoms with Gasteiger partial charge >= 0.3 is 13.2 Å². The third-order valence-electron chi connectivity index (χ3n) is 9.14. The van der Waals surface area contributed by atoms with E-state index in [1.54, 1.807) is 32.9 Å². The molecule has 6 atom stereocenters. The number of alkyl carbamates (subject to hydrolysis) is 1. The number of rotatable bonds is 9.